The summed E-state index contributed by atoms with van der Waals surface area (Å²) in [4.78, 5) is 14.2. The van der Waals surface area contributed by atoms with Gasteiger partial charge in [0.05, 0.1) is 0 Å². The maximum absolute atomic E-state index is 11.8. The van der Waals surface area contributed by atoms with E-state index >= 15 is 0 Å². The molecule has 22 heavy (non-hydrogen) atoms. The number of piperidine rings is 1. The highest BCUT2D eigenvalue weighted by molar-refractivity contribution is 5.68. The minimum atomic E-state index is -0.447. The second-order valence-electron chi connectivity index (χ2n) is 7.59. The molecule has 0 saturated carbocycles. The van der Waals surface area contributed by atoms with E-state index in [1.54, 1.807) is 0 Å². The van der Waals surface area contributed by atoms with Gasteiger partial charge in [-0.05, 0) is 73.0 Å². The van der Waals surface area contributed by atoms with Crippen LogP contribution >= 0.6 is 0 Å². The summed E-state index contributed by atoms with van der Waals surface area (Å²) in [5, 5.41) is 6.55. The summed E-state index contributed by atoms with van der Waals surface area (Å²) < 4.78 is 5.32. The Morgan fingerprint density at radius 1 is 1.32 bits per heavy atom. The third-order valence-corrected chi connectivity index (χ3v) is 4.37. The highest BCUT2D eigenvalue weighted by Crippen LogP contribution is 2.19. The number of alkyl carbamates (subject to hydrolysis) is 1. The van der Waals surface area contributed by atoms with E-state index in [1.165, 1.54) is 25.9 Å². The van der Waals surface area contributed by atoms with Crippen LogP contribution in [0.4, 0.5) is 4.79 Å². The zero-order valence-electron chi connectivity index (χ0n) is 15.2. The summed E-state index contributed by atoms with van der Waals surface area (Å²) in [7, 11) is 2.19. The Morgan fingerprint density at radius 3 is 2.41 bits per heavy atom. The molecule has 0 aromatic heterocycles. The number of hydrogen-bond acceptors (Lipinski definition) is 4. The number of carbonyl (C=O) groups excluding carboxylic acids is 1. The molecule has 1 fully saturated rings. The van der Waals surface area contributed by atoms with Crippen LogP contribution in [0.25, 0.3) is 0 Å². The highest BCUT2D eigenvalue weighted by atomic mass is 16.6. The Balaban J connectivity index is 2.32. The van der Waals surface area contributed by atoms with Gasteiger partial charge in [-0.25, -0.2) is 4.79 Å². The Morgan fingerprint density at radius 2 is 1.91 bits per heavy atom. The molecular weight excluding hydrogens is 278 g/mol. The van der Waals surface area contributed by atoms with Crippen molar-refractivity contribution in [1.29, 1.82) is 0 Å². The third-order valence-electron chi connectivity index (χ3n) is 4.37. The largest absolute Gasteiger partial charge is 0.444 e. The molecule has 2 atom stereocenters. The summed E-state index contributed by atoms with van der Waals surface area (Å²) in [5.41, 5.74) is -0.447. The highest BCUT2D eigenvalue weighted by Gasteiger charge is 2.23. The van der Waals surface area contributed by atoms with Crippen LogP contribution in [0.1, 0.15) is 53.9 Å². The van der Waals surface area contributed by atoms with Gasteiger partial charge >= 0.3 is 6.09 Å². The van der Waals surface area contributed by atoms with Gasteiger partial charge in [-0.1, -0.05) is 6.92 Å². The van der Waals surface area contributed by atoms with E-state index in [-0.39, 0.29) is 12.1 Å². The molecule has 5 heteroatoms. The van der Waals surface area contributed by atoms with Gasteiger partial charge in [0, 0.05) is 18.6 Å². The molecule has 0 bridgehead atoms. The van der Waals surface area contributed by atoms with Crippen molar-refractivity contribution in [3.05, 3.63) is 0 Å². The minimum Gasteiger partial charge on any atom is -0.444 e. The van der Waals surface area contributed by atoms with Gasteiger partial charge in [0.1, 0.15) is 5.60 Å². The van der Waals surface area contributed by atoms with Crippen LogP contribution in [0, 0.1) is 5.92 Å². The molecule has 0 spiro atoms. The molecule has 5 nitrogen and oxygen atoms in total. The monoisotopic (exact) mass is 313 g/mol. The average Bonchev–Trinajstić information content (AvgIpc) is 2.41. The van der Waals surface area contributed by atoms with Crippen LogP contribution in [0.3, 0.4) is 0 Å². The van der Waals surface area contributed by atoms with Crippen LogP contribution in [0.15, 0.2) is 0 Å². The van der Waals surface area contributed by atoms with Crippen molar-refractivity contribution in [3.8, 4) is 0 Å². The molecule has 130 valence electrons. The molecule has 1 rings (SSSR count). The zero-order valence-corrected chi connectivity index (χ0v) is 15.2. The summed E-state index contributed by atoms with van der Waals surface area (Å²) >= 11 is 0. The van der Waals surface area contributed by atoms with Crippen molar-refractivity contribution in [1.82, 2.24) is 15.5 Å². The van der Waals surface area contributed by atoms with Gasteiger partial charge in [0.25, 0.3) is 0 Å². The van der Waals surface area contributed by atoms with E-state index in [2.05, 4.69) is 36.4 Å². The molecule has 1 aliphatic heterocycles. The smallest absolute Gasteiger partial charge is 0.407 e. The molecule has 1 amide bonds. The van der Waals surface area contributed by atoms with Crippen LogP contribution in [-0.2, 0) is 4.74 Å². The number of carbonyl (C=O) groups is 1. The predicted molar refractivity (Wildman–Crippen MR) is 91.1 cm³/mol. The SMILES string of the molecule is CCC(CNC(C)C1CCN(C)CC1)NC(=O)OC(C)(C)C. The first-order valence-electron chi connectivity index (χ1n) is 8.62. The summed E-state index contributed by atoms with van der Waals surface area (Å²) in [6.45, 7) is 13.2. The number of likely N-dealkylation sites (tertiary alicyclic amines) is 1. The normalized spacial score (nSPS) is 20.5. The Hall–Kier alpha value is -0.810. The molecule has 0 aliphatic carbocycles. The molecule has 1 heterocycles. The predicted octanol–water partition coefficient (Wildman–Crippen LogP) is 2.61. The standard InChI is InChI=1S/C17H35N3O2/c1-7-15(19-16(21)22-17(3,4)5)12-18-13(2)14-8-10-20(6)11-9-14/h13-15,18H,7-12H2,1-6H3,(H,19,21). The van der Waals surface area contributed by atoms with Crippen molar-refractivity contribution < 1.29 is 9.53 Å². The fourth-order valence-corrected chi connectivity index (χ4v) is 2.80. The number of hydrogen-bond donors (Lipinski definition) is 2. The molecular formula is C17H35N3O2. The lowest BCUT2D eigenvalue weighted by Gasteiger charge is -2.34. The quantitative estimate of drug-likeness (QED) is 0.791. The van der Waals surface area contributed by atoms with Gasteiger partial charge in [-0.3, -0.25) is 0 Å². The van der Waals surface area contributed by atoms with Gasteiger partial charge < -0.3 is 20.3 Å². The topological polar surface area (TPSA) is 53.6 Å². The second-order valence-corrected chi connectivity index (χ2v) is 7.59. The first-order chi connectivity index (χ1) is 10.2. The maximum Gasteiger partial charge on any atom is 0.407 e. The molecule has 1 aliphatic rings. The number of nitrogens with zero attached hydrogens (tertiary/aromatic N) is 1. The van der Waals surface area contributed by atoms with Crippen LogP contribution in [0.2, 0.25) is 0 Å². The minimum absolute atomic E-state index is 0.114. The number of ether oxygens (including phenoxy) is 1. The molecule has 1 saturated heterocycles. The number of amides is 1. The number of rotatable bonds is 6. The van der Waals surface area contributed by atoms with E-state index in [1.807, 2.05) is 20.8 Å². The Bertz CT molecular complexity index is 333. The molecule has 0 aromatic rings. The van der Waals surface area contributed by atoms with Crippen molar-refractivity contribution in [2.75, 3.05) is 26.7 Å². The van der Waals surface area contributed by atoms with Crippen molar-refractivity contribution in [2.24, 2.45) is 5.92 Å². The maximum atomic E-state index is 11.8. The molecule has 2 unspecified atom stereocenters. The van der Waals surface area contributed by atoms with Gasteiger partial charge in [-0.2, -0.15) is 0 Å². The Labute approximate surface area is 136 Å². The molecule has 0 aromatic carbocycles. The Kier molecular flexibility index (Phi) is 7.63. The van der Waals surface area contributed by atoms with Crippen LogP contribution in [0.5, 0.6) is 0 Å². The first-order valence-corrected chi connectivity index (χ1v) is 8.62. The zero-order chi connectivity index (χ0) is 16.8. The molecule has 0 radical (unpaired) electrons. The van der Waals surface area contributed by atoms with E-state index < -0.39 is 5.60 Å². The van der Waals surface area contributed by atoms with Gasteiger partial charge in [0.15, 0.2) is 0 Å². The second kappa shape index (κ2) is 8.73. The lowest BCUT2D eigenvalue weighted by Crippen LogP contribution is -2.48. The third kappa shape index (κ3) is 7.45. The van der Waals surface area contributed by atoms with Crippen LogP contribution in [-0.4, -0.2) is 55.4 Å². The van der Waals surface area contributed by atoms with Crippen molar-refractivity contribution in [3.63, 3.8) is 0 Å². The van der Waals surface area contributed by atoms with Gasteiger partial charge in [-0.15, -0.1) is 0 Å². The number of nitrogens with one attached hydrogen (secondary N) is 2. The van der Waals surface area contributed by atoms with Crippen molar-refractivity contribution in [2.45, 2.75) is 71.6 Å². The van der Waals surface area contributed by atoms with Crippen LogP contribution < -0.4 is 10.6 Å². The molecule has 2 N–H and O–H groups in total. The van der Waals surface area contributed by atoms with E-state index in [9.17, 15) is 4.79 Å². The van der Waals surface area contributed by atoms with E-state index in [0.29, 0.717) is 6.04 Å². The van der Waals surface area contributed by atoms with Gasteiger partial charge in [0.2, 0.25) is 0 Å². The van der Waals surface area contributed by atoms with E-state index in [0.717, 1.165) is 18.9 Å². The van der Waals surface area contributed by atoms with E-state index in [4.69, 9.17) is 4.74 Å². The first kappa shape index (κ1) is 19.2. The van der Waals surface area contributed by atoms with Crippen molar-refractivity contribution >= 4 is 6.09 Å². The summed E-state index contributed by atoms with van der Waals surface area (Å²) in [6, 6.07) is 0.603. The lowest BCUT2D eigenvalue weighted by molar-refractivity contribution is 0.0501. The fraction of sp³-hybridized carbons (Fsp3) is 0.941. The lowest BCUT2D eigenvalue weighted by atomic mass is 9.90. The fourth-order valence-electron chi connectivity index (χ4n) is 2.80. The average molecular weight is 313 g/mol. The summed E-state index contributed by atoms with van der Waals surface area (Å²) in [5.74, 6) is 0.732. The summed E-state index contributed by atoms with van der Waals surface area (Å²) in [6.07, 6.45) is 3.07.